The van der Waals surface area contributed by atoms with E-state index in [1.807, 2.05) is 81.4 Å². The minimum atomic E-state index is -0.678. The molecule has 5 nitrogen and oxygen atoms in total. The molecule has 34 heavy (non-hydrogen) atoms. The van der Waals surface area contributed by atoms with Crippen molar-refractivity contribution in [2.75, 3.05) is 13.7 Å². The lowest BCUT2D eigenvalue weighted by Gasteiger charge is -2.31. The zero-order valence-electron chi connectivity index (χ0n) is 20.1. The second kappa shape index (κ2) is 11.8. The highest BCUT2D eigenvalue weighted by Gasteiger charge is 2.30. The summed E-state index contributed by atoms with van der Waals surface area (Å²) < 4.78 is 6.90. The molecule has 1 atom stereocenters. The van der Waals surface area contributed by atoms with Crippen molar-refractivity contribution in [2.45, 2.75) is 39.8 Å². The number of ether oxygens (including phenoxy) is 1. The minimum absolute atomic E-state index is 0.153. The molecule has 0 saturated carbocycles. The maximum absolute atomic E-state index is 13.5. The number of halogens is 1. The smallest absolute Gasteiger partial charge is 0.261 e. The van der Waals surface area contributed by atoms with Crippen molar-refractivity contribution in [3.05, 3.63) is 99.0 Å². The molecule has 3 rings (SSSR count). The predicted octanol–water partition coefficient (Wildman–Crippen LogP) is 5.14. The Morgan fingerprint density at radius 2 is 1.68 bits per heavy atom. The number of carbonyl (C=O) groups is 2. The Kier molecular flexibility index (Phi) is 8.88. The Hall–Kier alpha value is -3.12. The molecule has 0 aromatic heterocycles. The fourth-order valence-corrected chi connectivity index (χ4v) is 4.37. The topological polar surface area (TPSA) is 58.6 Å². The first-order valence-corrected chi connectivity index (χ1v) is 12.1. The lowest BCUT2D eigenvalue weighted by molar-refractivity contribution is -0.142. The molecule has 0 unspecified atom stereocenters. The fourth-order valence-electron chi connectivity index (χ4n) is 3.93. The molecule has 0 fully saturated rings. The van der Waals surface area contributed by atoms with E-state index >= 15 is 0 Å². The van der Waals surface area contributed by atoms with E-state index in [4.69, 9.17) is 4.74 Å². The van der Waals surface area contributed by atoms with E-state index in [9.17, 15) is 9.59 Å². The Labute approximate surface area is 210 Å². The highest BCUT2D eigenvalue weighted by molar-refractivity contribution is 9.10. The number of hydrogen-bond donors (Lipinski definition) is 1. The van der Waals surface area contributed by atoms with Crippen molar-refractivity contribution in [1.29, 1.82) is 0 Å². The highest BCUT2D eigenvalue weighted by Crippen LogP contribution is 2.24. The van der Waals surface area contributed by atoms with Gasteiger partial charge in [-0.2, -0.15) is 0 Å². The summed E-state index contributed by atoms with van der Waals surface area (Å²) in [5.74, 6) is 0.227. The first kappa shape index (κ1) is 25.5. The number of nitrogens with zero attached hydrogens (tertiary/aromatic N) is 1. The summed E-state index contributed by atoms with van der Waals surface area (Å²) in [6.07, 6.45) is 0.406. The van der Waals surface area contributed by atoms with Gasteiger partial charge in [0.05, 0.1) is 0 Å². The van der Waals surface area contributed by atoms with Crippen LogP contribution in [0.15, 0.2) is 71.2 Å². The summed E-state index contributed by atoms with van der Waals surface area (Å²) in [5.41, 5.74) is 5.09. The van der Waals surface area contributed by atoms with E-state index in [1.54, 1.807) is 11.9 Å². The predicted molar refractivity (Wildman–Crippen MR) is 139 cm³/mol. The molecule has 0 saturated heterocycles. The molecule has 2 amide bonds. The molecule has 1 N–H and O–H groups in total. The quantitative estimate of drug-likeness (QED) is 0.423. The van der Waals surface area contributed by atoms with Crippen LogP contribution in [0.1, 0.15) is 27.8 Å². The van der Waals surface area contributed by atoms with Gasteiger partial charge in [0.1, 0.15) is 11.8 Å². The summed E-state index contributed by atoms with van der Waals surface area (Å²) >= 11 is 3.50. The van der Waals surface area contributed by atoms with Crippen molar-refractivity contribution in [3.63, 3.8) is 0 Å². The Morgan fingerprint density at radius 3 is 2.35 bits per heavy atom. The van der Waals surface area contributed by atoms with E-state index < -0.39 is 6.04 Å². The van der Waals surface area contributed by atoms with Crippen molar-refractivity contribution >= 4 is 27.7 Å². The maximum atomic E-state index is 13.5. The third-order valence-corrected chi connectivity index (χ3v) is 6.37. The van der Waals surface area contributed by atoms with E-state index in [0.717, 1.165) is 32.3 Å². The maximum Gasteiger partial charge on any atom is 0.261 e. The lowest BCUT2D eigenvalue weighted by atomic mass is 10.0. The van der Waals surface area contributed by atoms with E-state index in [-0.39, 0.29) is 18.4 Å². The number of benzene rings is 3. The van der Waals surface area contributed by atoms with Gasteiger partial charge in [-0.25, -0.2) is 0 Å². The molecule has 0 radical (unpaired) electrons. The lowest BCUT2D eigenvalue weighted by Crippen LogP contribution is -2.51. The van der Waals surface area contributed by atoms with Crippen LogP contribution in [-0.4, -0.2) is 36.4 Å². The third kappa shape index (κ3) is 6.70. The van der Waals surface area contributed by atoms with Crippen LogP contribution in [0.25, 0.3) is 0 Å². The number of amides is 2. The van der Waals surface area contributed by atoms with E-state index in [1.165, 1.54) is 0 Å². The van der Waals surface area contributed by atoms with Gasteiger partial charge < -0.3 is 15.0 Å². The first-order chi connectivity index (χ1) is 16.3. The van der Waals surface area contributed by atoms with Crippen LogP contribution in [0.2, 0.25) is 0 Å². The molecule has 6 heteroatoms. The number of likely N-dealkylation sites (N-methyl/N-ethyl adjacent to an activating group) is 1. The standard InChI is InChI=1S/C28H31BrN2O3/c1-19-13-20(2)21(3)26(14-19)34-18-27(32)31(17-23-11-8-12-24(29)15-23)25(28(33)30-4)16-22-9-6-5-7-10-22/h5-15,25H,16-18H2,1-4H3,(H,30,33)/t25-/m1/s1. The van der Waals surface area contributed by atoms with Crippen LogP contribution in [0.3, 0.4) is 0 Å². The largest absolute Gasteiger partial charge is 0.483 e. The normalized spacial score (nSPS) is 11.6. The summed E-state index contributed by atoms with van der Waals surface area (Å²) in [6.45, 7) is 6.15. The van der Waals surface area contributed by atoms with Gasteiger partial charge in [-0.05, 0) is 66.8 Å². The summed E-state index contributed by atoms with van der Waals surface area (Å²) in [4.78, 5) is 28.1. The van der Waals surface area contributed by atoms with Crippen LogP contribution >= 0.6 is 15.9 Å². The van der Waals surface area contributed by atoms with Crippen LogP contribution in [0, 0.1) is 20.8 Å². The van der Waals surface area contributed by atoms with E-state index in [2.05, 4.69) is 27.3 Å². The summed E-state index contributed by atoms with van der Waals surface area (Å²) in [6, 6.07) is 20.8. The second-order valence-corrected chi connectivity index (χ2v) is 9.38. The van der Waals surface area contributed by atoms with Crippen LogP contribution < -0.4 is 10.1 Å². The molecule has 0 bridgehead atoms. The molecular formula is C28H31BrN2O3. The van der Waals surface area contributed by atoms with Crippen molar-refractivity contribution < 1.29 is 14.3 Å². The van der Waals surface area contributed by atoms with E-state index in [0.29, 0.717) is 18.7 Å². The Morgan fingerprint density at radius 1 is 0.971 bits per heavy atom. The van der Waals surface area contributed by atoms with Gasteiger partial charge in [0.15, 0.2) is 6.61 Å². The van der Waals surface area contributed by atoms with Gasteiger partial charge in [-0.15, -0.1) is 0 Å². The molecule has 0 aliphatic rings. The number of aryl methyl sites for hydroxylation is 2. The summed E-state index contributed by atoms with van der Waals surface area (Å²) in [7, 11) is 1.59. The SMILES string of the molecule is CNC(=O)[C@@H](Cc1ccccc1)N(Cc1cccc(Br)c1)C(=O)COc1cc(C)cc(C)c1C. The zero-order valence-corrected chi connectivity index (χ0v) is 21.7. The first-order valence-electron chi connectivity index (χ1n) is 11.3. The fraction of sp³-hybridized carbons (Fsp3) is 0.286. The van der Waals surface area contributed by atoms with Gasteiger partial charge in [-0.3, -0.25) is 9.59 Å². The average molecular weight is 523 g/mol. The van der Waals surface area contributed by atoms with Gasteiger partial charge in [0.2, 0.25) is 5.91 Å². The zero-order chi connectivity index (χ0) is 24.7. The van der Waals surface area contributed by atoms with Crippen LogP contribution in [-0.2, 0) is 22.6 Å². The van der Waals surface area contributed by atoms with Crippen molar-refractivity contribution in [1.82, 2.24) is 10.2 Å². The third-order valence-electron chi connectivity index (χ3n) is 5.87. The van der Waals surface area contributed by atoms with Crippen molar-refractivity contribution in [2.24, 2.45) is 0 Å². The Balaban J connectivity index is 1.90. The monoisotopic (exact) mass is 522 g/mol. The summed E-state index contributed by atoms with van der Waals surface area (Å²) in [5, 5.41) is 2.73. The highest BCUT2D eigenvalue weighted by atomic mass is 79.9. The number of rotatable bonds is 9. The van der Waals surface area contributed by atoms with Crippen LogP contribution in [0.4, 0.5) is 0 Å². The van der Waals surface area contributed by atoms with Gasteiger partial charge >= 0.3 is 0 Å². The number of nitrogens with one attached hydrogen (secondary N) is 1. The second-order valence-electron chi connectivity index (χ2n) is 8.46. The number of carbonyl (C=O) groups excluding carboxylic acids is 2. The van der Waals surface area contributed by atoms with Gasteiger partial charge in [0.25, 0.3) is 5.91 Å². The van der Waals surface area contributed by atoms with Gasteiger partial charge in [0, 0.05) is 24.5 Å². The molecular weight excluding hydrogens is 492 g/mol. The van der Waals surface area contributed by atoms with Gasteiger partial charge in [-0.1, -0.05) is 64.5 Å². The molecule has 0 spiro atoms. The molecule has 3 aromatic rings. The number of hydrogen-bond acceptors (Lipinski definition) is 3. The molecule has 3 aromatic carbocycles. The molecule has 0 aliphatic heterocycles. The molecule has 178 valence electrons. The van der Waals surface area contributed by atoms with Crippen LogP contribution in [0.5, 0.6) is 5.75 Å². The Bertz CT molecular complexity index is 1150. The molecule has 0 heterocycles. The minimum Gasteiger partial charge on any atom is -0.483 e. The molecule has 0 aliphatic carbocycles. The van der Waals surface area contributed by atoms with Crippen molar-refractivity contribution in [3.8, 4) is 5.75 Å². The average Bonchev–Trinajstić information content (AvgIpc) is 2.82.